The summed E-state index contributed by atoms with van der Waals surface area (Å²) in [6.45, 7) is 1.88. The van der Waals surface area contributed by atoms with Crippen LogP contribution in [-0.4, -0.2) is 18.2 Å². The highest BCUT2D eigenvalue weighted by atomic mass is 19.1. The van der Waals surface area contributed by atoms with Crippen molar-refractivity contribution >= 4 is 5.97 Å². The molecule has 0 bridgehead atoms. The van der Waals surface area contributed by atoms with Crippen molar-refractivity contribution in [1.29, 1.82) is 0 Å². The average Bonchev–Trinajstić information content (AvgIpc) is 2.38. The van der Waals surface area contributed by atoms with Crippen LogP contribution in [0.15, 0.2) is 36.4 Å². The summed E-state index contributed by atoms with van der Waals surface area (Å²) < 4.78 is 18.6. The summed E-state index contributed by atoms with van der Waals surface area (Å²) in [6.07, 6.45) is 0. The molecule has 0 radical (unpaired) electrons. The molecule has 0 aliphatic carbocycles. The highest BCUT2D eigenvalue weighted by Crippen LogP contribution is 2.33. The minimum atomic E-state index is -1.10. The summed E-state index contributed by atoms with van der Waals surface area (Å²) in [5, 5.41) is 9.19. The molecule has 0 heterocycles. The Morgan fingerprint density at radius 3 is 2.53 bits per heavy atom. The highest BCUT2D eigenvalue weighted by molar-refractivity contribution is 5.97. The molecular weight excluding hydrogens is 247 g/mol. The Morgan fingerprint density at radius 2 is 1.89 bits per heavy atom. The molecule has 0 amide bonds. The molecular formula is C15H13FO3. The summed E-state index contributed by atoms with van der Waals surface area (Å²) in [6, 6.07) is 8.97. The van der Waals surface area contributed by atoms with Crippen molar-refractivity contribution in [2.24, 2.45) is 0 Å². The van der Waals surface area contributed by atoms with Crippen molar-refractivity contribution < 1.29 is 19.0 Å². The Hall–Kier alpha value is -2.36. The molecule has 3 nitrogen and oxygen atoms in total. The van der Waals surface area contributed by atoms with Crippen LogP contribution in [0.25, 0.3) is 11.1 Å². The van der Waals surface area contributed by atoms with Gasteiger partial charge < -0.3 is 9.84 Å². The summed E-state index contributed by atoms with van der Waals surface area (Å²) in [5.74, 6) is -1.07. The van der Waals surface area contributed by atoms with E-state index in [4.69, 9.17) is 4.74 Å². The molecule has 0 aromatic heterocycles. The first-order chi connectivity index (χ1) is 9.02. The lowest BCUT2D eigenvalue weighted by atomic mass is 9.97. The molecule has 0 saturated carbocycles. The predicted molar refractivity (Wildman–Crippen MR) is 70.1 cm³/mol. The number of ether oxygens (including phenoxy) is 1. The lowest BCUT2D eigenvalue weighted by Gasteiger charge is -2.12. The smallest absolute Gasteiger partial charge is 0.336 e. The molecule has 2 aromatic rings. The van der Waals surface area contributed by atoms with E-state index in [1.54, 1.807) is 12.1 Å². The van der Waals surface area contributed by atoms with E-state index in [9.17, 15) is 14.3 Å². The number of carbonyl (C=O) groups is 1. The van der Waals surface area contributed by atoms with Crippen LogP contribution in [0, 0.1) is 12.7 Å². The molecule has 19 heavy (non-hydrogen) atoms. The molecule has 2 rings (SSSR count). The van der Waals surface area contributed by atoms with Crippen molar-refractivity contribution in [2.75, 3.05) is 7.11 Å². The van der Waals surface area contributed by atoms with Crippen LogP contribution in [0.1, 0.15) is 15.9 Å². The minimum Gasteiger partial charge on any atom is -0.496 e. The zero-order chi connectivity index (χ0) is 14.0. The van der Waals surface area contributed by atoms with Crippen molar-refractivity contribution in [1.82, 2.24) is 0 Å². The number of hydrogen-bond donors (Lipinski definition) is 1. The number of rotatable bonds is 3. The van der Waals surface area contributed by atoms with Crippen molar-refractivity contribution in [3.8, 4) is 16.9 Å². The van der Waals surface area contributed by atoms with Crippen molar-refractivity contribution in [2.45, 2.75) is 6.92 Å². The monoisotopic (exact) mass is 260 g/mol. The van der Waals surface area contributed by atoms with Gasteiger partial charge in [0.15, 0.2) is 0 Å². The maximum absolute atomic E-state index is 13.4. The van der Waals surface area contributed by atoms with Gasteiger partial charge in [-0.15, -0.1) is 0 Å². The van der Waals surface area contributed by atoms with Gasteiger partial charge in [0.1, 0.15) is 11.6 Å². The molecule has 0 atom stereocenters. The molecule has 0 fully saturated rings. The van der Waals surface area contributed by atoms with Crippen LogP contribution in [-0.2, 0) is 0 Å². The first-order valence-electron chi connectivity index (χ1n) is 5.71. The average molecular weight is 260 g/mol. The third-order valence-electron chi connectivity index (χ3n) is 2.86. The predicted octanol–water partition coefficient (Wildman–Crippen LogP) is 3.51. The fraction of sp³-hybridized carbons (Fsp3) is 0.133. The first kappa shape index (κ1) is 13.1. The number of methoxy groups -OCH3 is 1. The van der Waals surface area contributed by atoms with Gasteiger partial charge in [-0.05, 0) is 37.3 Å². The van der Waals surface area contributed by atoms with Gasteiger partial charge in [0.2, 0.25) is 0 Å². The van der Waals surface area contributed by atoms with Gasteiger partial charge in [0, 0.05) is 11.1 Å². The summed E-state index contributed by atoms with van der Waals surface area (Å²) in [4.78, 5) is 11.2. The molecule has 4 heteroatoms. The number of benzene rings is 2. The first-order valence-corrected chi connectivity index (χ1v) is 5.71. The number of aryl methyl sites for hydroxylation is 1. The minimum absolute atomic E-state index is 0.0466. The lowest BCUT2D eigenvalue weighted by molar-refractivity contribution is 0.0697. The van der Waals surface area contributed by atoms with Crippen LogP contribution in [0.3, 0.4) is 0 Å². The third kappa shape index (κ3) is 2.57. The standard InChI is InChI=1S/C15H13FO3/c1-9-3-6-14(19-2)13(7-9)12-8-10(16)4-5-11(12)15(17)18/h3-8H,1-2H3,(H,17,18). The molecule has 0 saturated heterocycles. The SMILES string of the molecule is COc1ccc(C)cc1-c1cc(F)ccc1C(=O)O. The van der Waals surface area contributed by atoms with Gasteiger partial charge in [-0.1, -0.05) is 11.6 Å². The Morgan fingerprint density at radius 1 is 1.16 bits per heavy atom. The summed E-state index contributed by atoms with van der Waals surface area (Å²) in [7, 11) is 1.49. The van der Waals surface area contributed by atoms with Gasteiger partial charge in [0.05, 0.1) is 12.7 Å². The molecule has 0 aliphatic heterocycles. The number of carboxylic acid groups (broad SMARTS) is 1. The lowest BCUT2D eigenvalue weighted by Crippen LogP contribution is -2.01. The highest BCUT2D eigenvalue weighted by Gasteiger charge is 2.16. The van der Waals surface area contributed by atoms with Crippen LogP contribution in [0.4, 0.5) is 4.39 Å². The van der Waals surface area contributed by atoms with Crippen LogP contribution in [0.2, 0.25) is 0 Å². The van der Waals surface area contributed by atoms with Gasteiger partial charge in [-0.2, -0.15) is 0 Å². The van der Waals surface area contributed by atoms with E-state index in [2.05, 4.69) is 0 Å². The quantitative estimate of drug-likeness (QED) is 0.918. The topological polar surface area (TPSA) is 46.5 Å². The van der Waals surface area contributed by atoms with E-state index in [-0.39, 0.29) is 5.56 Å². The normalized spacial score (nSPS) is 10.3. The second-order valence-corrected chi connectivity index (χ2v) is 4.20. The van der Waals surface area contributed by atoms with Gasteiger partial charge in [0.25, 0.3) is 0 Å². The number of carboxylic acids is 1. The molecule has 0 unspecified atom stereocenters. The van der Waals surface area contributed by atoms with Crippen LogP contribution in [0.5, 0.6) is 5.75 Å². The largest absolute Gasteiger partial charge is 0.496 e. The Balaban J connectivity index is 2.73. The number of hydrogen-bond acceptors (Lipinski definition) is 2. The van der Waals surface area contributed by atoms with E-state index in [0.29, 0.717) is 16.9 Å². The van der Waals surface area contributed by atoms with E-state index in [0.717, 1.165) is 11.6 Å². The number of halogens is 1. The van der Waals surface area contributed by atoms with Gasteiger partial charge in [-0.3, -0.25) is 0 Å². The van der Waals surface area contributed by atoms with E-state index in [1.807, 2.05) is 13.0 Å². The maximum atomic E-state index is 13.4. The summed E-state index contributed by atoms with van der Waals surface area (Å²) in [5.41, 5.74) is 1.87. The Kier molecular flexibility index (Phi) is 3.51. The Labute approximate surface area is 110 Å². The summed E-state index contributed by atoms with van der Waals surface area (Å²) >= 11 is 0. The second-order valence-electron chi connectivity index (χ2n) is 4.20. The van der Waals surface area contributed by atoms with E-state index < -0.39 is 11.8 Å². The van der Waals surface area contributed by atoms with Crippen LogP contribution < -0.4 is 4.74 Å². The fourth-order valence-electron chi connectivity index (χ4n) is 1.96. The van der Waals surface area contributed by atoms with Crippen LogP contribution >= 0.6 is 0 Å². The second kappa shape index (κ2) is 5.10. The van der Waals surface area contributed by atoms with Crippen molar-refractivity contribution in [3.05, 3.63) is 53.3 Å². The maximum Gasteiger partial charge on any atom is 0.336 e. The molecule has 0 spiro atoms. The van der Waals surface area contributed by atoms with Crippen molar-refractivity contribution in [3.63, 3.8) is 0 Å². The fourth-order valence-corrected chi connectivity index (χ4v) is 1.96. The molecule has 98 valence electrons. The number of aromatic carboxylic acids is 1. The zero-order valence-electron chi connectivity index (χ0n) is 10.6. The van der Waals surface area contributed by atoms with Gasteiger partial charge in [-0.25, -0.2) is 9.18 Å². The molecule has 2 aromatic carbocycles. The van der Waals surface area contributed by atoms with E-state index in [1.165, 1.54) is 19.2 Å². The Bertz CT molecular complexity index is 635. The van der Waals surface area contributed by atoms with E-state index >= 15 is 0 Å². The molecule has 0 aliphatic rings. The third-order valence-corrected chi connectivity index (χ3v) is 2.86. The zero-order valence-corrected chi connectivity index (χ0v) is 10.6. The van der Waals surface area contributed by atoms with Gasteiger partial charge >= 0.3 is 5.97 Å². The molecule has 1 N–H and O–H groups in total.